The van der Waals surface area contributed by atoms with Crippen molar-refractivity contribution in [3.05, 3.63) is 411 Å². The molecule has 128 heavy (non-hydrogen) atoms. The minimum Gasteiger partial charge on any atom is -0.478 e. The van der Waals surface area contributed by atoms with Crippen molar-refractivity contribution >= 4 is 83.6 Å². The molecule has 0 unspecified atom stereocenters. The van der Waals surface area contributed by atoms with Crippen molar-refractivity contribution < 1.29 is 135 Å². The van der Waals surface area contributed by atoms with E-state index in [1.165, 1.54) is 92.4 Å². The molecule has 1 aliphatic rings. The summed E-state index contributed by atoms with van der Waals surface area (Å²) in [5.74, 6) is -9.80. The lowest BCUT2D eigenvalue weighted by Gasteiger charge is -2.22. The second-order valence-corrected chi connectivity index (χ2v) is 26.6. The van der Waals surface area contributed by atoms with E-state index in [0.717, 1.165) is 43.2 Å². The van der Waals surface area contributed by atoms with E-state index in [1.807, 2.05) is 79.7 Å². The molecule has 0 aliphatic heterocycles. The van der Waals surface area contributed by atoms with Gasteiger partial charge in [0.15, 0.2) is 0 Å². The lowest BCUT2D eigenvalue weighted by Crippen LogP contribution is -2.22. The molecule has 656 valence electrons. The Morgan fingerprint density at radius 1 is 0.250 bits per heavy atom. The van der Waals surface area contributed by atoms with Crippen molar-refractivity contribution in [2.24, 2.45) is 0 Å². The van der Waals surface area contributed by atoms with E-state index < -0.39 is 83.6 Å². The maximum absolute atomic E-state index is 12.2. The van der Waals surface area contributed by atoms with Gasteiger partial charge in [-0.05, 0) is 171 Å². The Hall–Kier alpha value is -16.8. The lowest BCUT2D eigenvalue weighted by molar-refractivity contribution is 0.0205. The summed E-state index contributed by atoms with van der Waals surface area (Å²) in [6.45, 7) is 4.48. The molecule has 0 spiro atoms. The second-order valence-electron chi connectivity index (χ2n) is 26.6. The van der Waals surface area contributed by atoms with Gasteiger partial charge in [-0.1, -0.05) is 214 Å². The number of methoxy groups -OCH3 is 1. The summed E-state index contributed by atoms with van der Waals surface area (Å²) in [5.41, 5.74) is 2.68. The maximum atomic E-state index is 12.2. The molecule has 28 heteroatoms. The largest absolute Gasteiger partial charge is 0.478 e. The Morgan fingerprint density at radius 2 is 0.469 bits per heavy atom. The number of carbonyl (C=O) groups excluding carboxylic acids is 9. The average molecular weight is 1740 g/mol. The van der Waals surface area contributed by atoms with Gasteiger partial charge in [-0.3, -0.25) is 0 Å². The topological polar surface area (TPSA) is 423 Å². The first-order valence-electron chi connectivity index (χ1n) is 39.5. The SMILES string of the molecule is CCCOC(=O)c1ccccc1C(=O)OCc1ccccc1.CCOC(=O)c1ccccc1C(=O)Oc1ccccc1.COC(=O)c1ccccc1C(=O)Oc1ccccc1.O=C(O)c1ccccc1C(=O)O.O=C(O)c1ccccc1C(=O)OC1CCCCC1.O=C(O)c1ccccc1C(=O)OCc1ccccc1.O=C(O)c1ccccc1C(=O)Oc1ccccc1. The van der Waals surface area contributed by atoms with Gasteiger partial charge in [0, 0.05) is 0 Å². The smallest absolute Gasteiger partial charge is 0.344 e. The third-order valence-corrected chi connectivity index (χ3v) is 17.6. The average Bonchev–Trinajstić information content (AvgIpc) is 0.874. The van der Waals surface area contributed by atoms with E-state index in [1.54, 1.807) is 177 Å². The van der Waals surface area contributed by atoms with E-state index in [4.69, 9.17) is 63.4 Å². The monoisotopic (exact) mass is 1740 g/mol. The summed E-state index contributed by atoms with van der Waals surface area (Å²) < 4.78 is 45.9. The van der Waals surface area contributed by atoms with Gasteiger partial charge in [-0.15, -0.1) is 0 Å². The normalized spacial score (nSPS) is 10.7. The first kappa shape index (κ1) is 98.3. The number of carboxylic acids is 5. The van der Waals surface area contributed by atoms with E-state index in [2.05, 4.69) is 4.74 Å². The highest BCUT2D eigenvalue weighted by molar-refractivity contribution is 6.07. The van der Waals surface area contributed by atoms with Crippen molar-refractivity contribution in [2.45, 2.75) is 71.7 Å². The number of benzene rings is 12. The first-order valence-corrected chi connectivity index (χ1v) is 39.5. The number of para-hydroxylation sites is 3. The molecule has 1 fully saturated rings. The predicted octanol–water partition coefficient (Wildman–Crippen LogP) is 18.7. The first-order chi connectivity index (χ1) is 61.8. The van der Waals surface area contributed by atoms with E-state index >= 15 is 0 Å². The maximum Gasteiger partial charge on any atom is 0.344 e. The van der Waals surface area contributed by atoms with Gasteiger partial charge >= 0.3 is 83.6 Å². The molecule has 12 aromatic rings. The van der Waals surface area contributed by atoms with Crippen LogP contribution in [-0.4, -0.2) is 136 Å². The summed E-state index contributed by atoms with van der Waals surface area (Å²) in [7, 11) is 1.27. The van der Waals surface area contributed by atoms with Gasteiger partial charge in [-0.25, -0.2) is 67.1 Å². The molecule has 0 radical (unpaired) electrons. The molecule has 13 rings (SSSR count). The summed E-state index contributed by atoms with van der Waals surface area (Å²) in [6.07, 6.45) is 5.73. The van der Waals surface area contributed by atoms with Gasteiger partial charge in [0.25, 0.3) is 0 Å². The van der Waals surface area contributed by atoms with Crippen LogP contribution in [0.3, 0.4) is 0 Å². The molecule has 12 aromatic carbocycles. The number of carbonyl (C=O) groups is 14. The zero-order chi connectivity index (χ0) is 92.5. The third-order valence-electron chi connectivity index (χ3n) is 17.6. The van der Waals surface area contributed by atoms with Crippen LogP contribution in [0.4, 0.5) is 0 Å². The van der Waals surface area contributed by atoms with Crippen LogP contribution in [0.25, 0.3) is 0 Å². The zero-order valence-electron chi connectivity index (χ0n) is 69.4. The quantitative estimate of drug-likeness (QED) is 0.0201. The minimum atomic E-state index is -1.23. The Labute approximate surface area is 735 Å². The highest BCUT2D eigenvalue weighted by Gasteiger charge is 2.26. The van der Waals surface area contributed by atoms with Crippen molar-refractivity contribution in [2.75, 3.05) is 20.3 Å². The van der Waals surface area contributed by atoms with Gasteiger partial charge in [0.05, 0.1) is 98.2 Å². The van der Waals surface area contributed by atoms with Crippen molar-refractivity contribution in [1.29, 1.82) is 0 Å². The van der Waals surface area contributed by atoms with Crippen LogP contribution < -0.4 is 14.2 Å². The molecule has 28 nitrogen and oxygen atoms in total. The highest BCUT2D eigenvalue weighted by atomic mass is 16.6. The highest BCUT2D eigenvalue weighted by Crippen LogP contribution is 2.25. The summed E-state index contributed by atoms with van der Waals surface area (Å²) in [6, 6.07) is 87.3. The fourth-order valence-corrected chi connectivity index (χ4v) is 11.5. The molecule has 1 saturated carbocycles. The van der Waals surface area contributed by atoms with Gasteiger partial charge < -0.3 is 68.2 Å². The van der Waals surface area contributed by atoms with Crippen LogP contribution >= 0.6 is 0 Å². The van der Waals surface area contributed by atoms with E-state index in [9.17, 15) is 67.1 Å². The van der Waals surface area contributed by atoms with Crippen molar-refractivity contribution in [3.8, 4) is 17.2 Å². The van der Waals surface area contributed by atoms with Crippen LogP contribution in [0.15, 0.2) is 322 Å². The zero-order valence-corrected chi connectivity index (χ0v) is 69.4. The number of hydrogen-bond acceptors (Lipinski definition) is 23. The molecule has 0 saturated heterocycles. The van der Waals surface area contributed by atoms with Crippen LogP contribution in [0, 0.1) is 0 Å². The van der Waals surface area contributed by atoms with Crippen LogP contribution in [0.2, 0.25) is 0 Å². The molecular weight excluding hydrogens is 1650 g/mol. The second kappa shape index (κ2) is 53.2. The van der Waals surface area contributed by atoms with Crippen molar-refractivity contribution in [3.63, 3.8) is 0 Å². The van der Waals surface area contributed by atoms with E-state index in [0.29, 0.717) is 23.9 Å². The molecular formula is C100H88O28. The number of carboxylic acid groups (broad SMARTS) is 5. The molecule has 0 bridgehead atoms. The Bertz CT molecular complexity index is 5700. The van der Waals surface area contributed by atoms with Gasteiger partial charge in [0.1, 0.15) is 36.6 Å². The number of hydrogen-bond donors (Lipinski definition) is 5. The number of esters is 9. The standard InChI is InChI=1S/C18H18O4.C16H14O4.2C15H12O4.C14H16O4.C14H10O4.C8H6O4/c1-2-12-21-17(19)15-10-6-7-11-16(15)18(20)22-13-14-8-4-3-5-9-14;1-2-19-15(17)13-10-6-7-11-14(13)16(18)20-12-8-4-3-5-9-12;1-18-14(16)12-9-5-6-10-13(12)15(17)19-11-7-3-2-4-8-11;16-14(17)12-8-4-5-9-13(12)15(18)19-10-11-6-2-1-3-7-11;2*15-13(16)11-8-4-5-9-12(11)14(17)18-10-6-2-1-3-7-10;9-7(10)5-3-1-2-4-6(5)8(11)12/h3-11H,2,12-13H2,1H3;3-11H,2H2,1H3;2-10H,1H3;1-9H,10H2,(H,16,17);4-5,8-10H,1-3,6-7H2,(H,15,16);1-9H,(H,15,16);1-4H,(H,9,10)(H,11,12). The van der Waals surface area contributed by atoms with Gasteiger partial charge in [0.2, 0.25) is 0 Å². The van der Waals surface area contributed by atoms with Crippen molar-refractivity contribution in [1.82, 2.24) is 0 Å². The molecule has 0 heterocycles. The molecule has 1 aliphatic carbocycles. The fourth-order valence-electron chi connectivity index (χ4n) is 11.5. The predicted molar refractivity (Wildman–Crippen MR) is 465 cm³/mol. The van der Waals surface area contributed by atoms with Crippen LogP contribution in [-0.2, 0) is 41.6 Å². The van der Waals surface area contributed by atoms with Crippen LogP contribution in [0.1, 0.15) is 209 Å². The molecule has 0 atom stereocenters. The summed E-state index contributed by atoms with van der Waals surface area (Å²) in [5, 5.41) is 44.1. The molecule has 5 N–H and O–H groups in total. The third kappa shape index (κ3) is 32.2. The Balaban J connectivity index is 0.000000206. The van der Waals surface area contributed by atoms with E-state index in [-0.39, 0.29) is 104 Å². The van der Waals surface area contributed by atoms with Crippen LogP contribution in [0.5, 0.6) is 17.2 Å². The molecule has 0 aromatic heterocycles. The summed E-state index contributed by atoms with van der Waals surface area (Å²) in [4.78, 5) is 161. The Morgan fingerprint density at radius 3 is 0.742 bits per heavy atom. The molecule has 0 amide bonds. The number of ether oxygens (including phenoxy) is 9. The number of aromatic carboxylic acids is 5. The summed E-state index contributed by atoms with van der Waals surface area (Å²) >= 11 is 0. The fraction of sp³-hybridized carbons (Fsp3) is 0.140. The van der Waals surface area contributed by atoms with Gasteiger partial charge in [-0.2, -0.15) is 0 Å². The lowest BCUT2D eigenvalue weighted by atomic mass is 9.97. The Kier molecular flexibility index (Phi) is 40.9. The number of rotatable bonds is 25. The minimum absolute atomic E-state index is 0.00157.